The van der Waals surface area contributed by atoms with E-state index in [0.717, 1.165) is 5.56 Å². The molecule has 0 unspecified atom stereocenters. The van der Waals surface area contributed by atoms with Crippen LogP contribution >= 0.6 is 15.9 Å². The first-order valence-electron chi connectivity index (χ1n) is 3.06. The lowest BCUT2D eigenvalue weighted by Gasteiger charge is -1.85. The second-order valence-corrected chi connectivity index (χ2v) is 2.44. The molecule has 0 aliphatic rings. The largest absolute Gasteiger partial charge is 0.328 e. The summed E-state index contributed by atoms with van der Waals surface area (Å²) in [5.41, 5.74) is 0.721. The Morgan fingerprint density at radius 1 is 1.55 bits per heavy atom. The Hall–Kier alpha value is -1.01. The third kappa shape index (κ3) is 2.60. The number of pyridine rings is 1. The zero-order valence-corrected chi connectivity index (χ0v) is 7.31. The van der Waals surface area contributed by atoms with Gasteiger partial charge in [0.15, 0.2) is 0 Å². The van der Waals surface area contributed by atoms with E-state index in [0.29, 0.717) is 5.33 Å². The van der Waals surface area contributed by atoms with Crippen LogP contribution in [-0.2, 0) is 0 Å². The number of aromatic nitrogens is 1. The smallest absolute Gasteiger partial charge is 0.247 e. The molecule has 1 aromatic heterocycles. The number of rotatable bonds is 0. The van der Waals surface area contributed by atoms with Gasteiger partial charge in [-0.1, -0.05) is 27.8 Å². The van der Waals surface area contributed by atoms with Gasteiger partial charge in [0.25, 0.3) is 0 Å². The zero-order chi connectivity index (χ0) is 8.10. The number of alkyl halides is 1. The number of halogens is 1. The van der Waals surface area contributed by atoms with Crippen LogP contribution in [-0.4, -0.2) is 10.3 Å². The van der Waals surface area contributed by atoms with Crippen molar-refractivity contribution in [2.24, 2.45) is 0 Å². The van der Waals surface area contributed by atoms with Crippen molar-refractivity contribution >= 4 is 15.9 Å². The molecule has 0 saturated heterocycles. The fourth-order valence-electron chi connectivity index (χ4n) is 0.624. The van der Waals surface area contributed by atoms with Crippen LogP contribution in [0.3, 0.4) is 0 Å². The maximum atomic E-state index is 10.6. The van der Waals surface area contributed by atoms with Gasteiger partial charge in [0.2, 0.25) is 5.56 Å². The Kier molecular flexibility index (Phi) is 2.94. The van der Waals surface area contributed by atoms with Crippen LogP contribution in [0.1, 0.15) is 5.56 Å². The molecule has 0 fully saturated rings. The van der Waals surface area contributed by atoms with E-state index in [1.807, 2.05) is 0 Å². The first kappa shape index (κ1) is 8.09. The minimum atomic E-state index is -0.102. The monoisotopic (exact) mass is 211 g/mol. The number of aromatic amines is 1. The predicted octanol–water partition coefficient (Wildman–Crippen LogP) is 1.12. The van der Waals surface area contributed by atoms with E-state index in [4.69, 9.17) is 0 Å². The molecule has 0 radical (unpaired) electrons. The van der Waals surface area contributed by atoms with E-state index >= 15 is 0 Å². The van der Waals surface area contributed by atoms with Gasteiger partial charge in [-0.05, 0) is 6.07 Å². The van der Waals surface area contributed by atoms with Gasteiger partial charge >= 0.3 is 0 Å². The molecule has 0 aliphatic heterocycles. The van der Waals surface area contributed by atoms with E-state index in [1.54, 1.807) is 12.3 Å². The molecule has 1 rings (SSSR count). The van der Waals surface area contributed by atoms with Crippen LogP contribution in [0, 0.1) is 11.8 Å². The van der Waals surface area contributed by atoms with Gasteiger partial charge in [-0.15, -0.1) is 0 Å². The summed E-state index contributed by atoms with van der Waals surface area (Å²) in [6.07, 6.45) is 1.60. The summed E-state index contributed by atoms with van der Waals surface area (Å²) in [4.78, 5) is 13.1. The fraction of sp³-hybridized carbons (Fsp3) is 0.125. The standard InChI is InChI=1S/C8H6BrNO/c9-5-1-2-7-3-4-8(11)10-6-7/h3-4,6H,5H2,(H,10,11). The van der Waals surface area contributed by atoms with Crippen molar-refractivity contribution in [1.29, 1.82) is 0 Å². The minimum Gasteiger partial charge on any atom is -0.328 e. The molecular weight excluding hydrogens is 206 g/mol. The maximum Gasteiger partial charge on any atom is 0.247 e. The summed E-state index contributed by atoms with van der Waals surface area (Å²) in [6, 6.07) is 3.15. The van der Waals surface area contributed by atoms with E-state index in [-0.39, 0.29) is 5.56 Å². The second-order valence-electron chi connectivity index (χ2n) is 1.88. The molecule has 11 heavy (non-hydrogen) atoms. The van der Waals surface area contributed by atoms with Crippen molar-refractivity contribution in [1.82, 2.24) is 4.98 Å². The van der Waals surface area contributed by atoms with Gasteiger partial charge in [0.1, 0.15) is 0 Å². The van der Waals surface area contributed by atoms with Crippen molar-refractivity contribution in [3.05, 3.63) is 34.2 Å². The van der Waals surface area contributed by atoms with Crippen LogP contribution < -0.4 is 5.56 Å². The van der Waals surface area contributed by atoms with Gasteiger partial charge in [0.05, 0.1) is 5.33 Å². The van der Waals surface area contributed by atoms with Gasteiger partial charge in [-0.25, -0.2) is 0 Å². The number of nitrogens with one attached hydrogen (secondary N) is 1. The SMILES string of the molecule is O=c1ccc(C#CCBr)c[nH]1. The number of hydrogen-bond acceptors (Lipinski definition) is 1. The van der Waals surface area contributed by atoms with Gasteiger partial charge in [0, 0.05) is 17.8 Å². The van der Waals surface area contributed by atoms with Crippen molar-refractivity contribution in [3.8, 4) is 11.8 Å². The normalized spacial score (nSPS) is 8.45. The lowest BCUT2D eigenvalue weighted by molar-refractivity contribution is 1.23. The first-order valence-corrected chi connectivity index (χ1v) is 4.18. The van der Waals surface area contributed by atoms with Crippen molar-refractivity contribution in [2.75, 3.05) is 5.33 Å². The summed E-state index contributed by atoms with van der Waals surface area (Å²) in [5.74, 6) is 5.68. The molecule has 2 nitrogen and oxygen atoms in total. The van der Waals surface area contributed by atoms with Crippen molar-refractivity contribution < 1.29 is 0 Å². The van der Waals surface area contributed by atoms with Crippen molar-refractivity contribution in [3.63, 3.8) is 0 Å². The lowest BCUT2D eigenvalue weighted by atomic mass is 10.3. The Labute approximate surface area is 72.8 Å². The third-order valence-electron chi connectivity index (χ3n) is 1.08. The highest BCUT2D eigenvalue weighted by molar-refractivity contribution is 9.09. The molecule has 0 aromatic carbocycles. The van der Waals surface area contributed by atoms with E-state index in [1.165, 1.54) is 6.07 Å². The topological polar surface area (TPSA) is 32.9 Å². The van der Waals surface area contributed by atoms with E-state index < -0.39 is 0 Å². The highest BCUT2D eigenvalue weighted by Crippen LogP contribution is 1.88. The summed E-state index contributed by atoms with van der Waals surface area (Å²) in [5, 5.41) is 0.645. The zero-order valence-electron chi connectivity index (χ0n) is 5.73. The quantitative estimate of drug-likeness (QED) is 0.507. The highest BCUT2D eigenvalue weighted by Gasteiger charge is 1.83. The third-order valence-corrected chi connectivity index (χ3v) is 1.36. The van der Waals surface area contributed by atoms with Gasteiger partial charge in [-0.3, -0.25) is 4.79 Å². The van der Waals surface area contributed by atoms with Crippen LogP contribution in [0.4, 0.5) is 0 Å². The molecule has 0 spiro atoms. The predicted molar refractivity (Wildman–Crippen MR) is 47.7 cm³/mol. The molecule has 0 atom stereocenters. The average Bonchev–Trinajstić information content (AvgIpc) is 2.04. The van der Waals surface area contributed by atoms with E-state index in [9.17, 15) is 4.79 Å². The molecule has 0 aliphatic carbocycles. The van der Waals surface area contributed by atoms with Crippen LogP contribution in [0.5, 0.6) is 0 Å². The first-order chi connectivity index (χ1) is 5.33. The summed E-state index contributed by atoms with van der Waals surface area (Å²) in [7, 11) is 0. The van der Waals surface area contributed by atoms with Crippen LogP contribution in [0.25, 0.3) is 0 Å². The molecule has 0 bridgehead atoms. The van der Waals surface area contributed by atoms with Crippen LogP contribution in [0.15, 0.2) is 23.1 Å². The summed E-state index contributed by atoms with van der Waals surface area (Å²) >= 11 is 3.18. The lowest BCUT2D eigenvalue weighted by Crippen LogP contribution is -2.01. The Morgan fingerprint density at radius 3 is 2.91 bits per heavy atom. The van der Waals surface area contributed by atoms with Gasteiger partial charge in [-0.2, -0.15) is 0 Å². The number of hydrogen-bond donors (Lipinski definition) is 1. The number of H-pyrrole nitrogens is 1. The second kappa shape index (κ2) is 3.99. The Bertz CT molecular complexity index is 325. The molecule has 3 heteroatoms. The molecule has 1 N–H and O–H groups in total. The highest BCUT2D eigenvalue weighted by atomic mass is 79.9. The molecule has 0 saturated carbocycles. The average molecular weight is 212 g/mol. The van der Waals surface area contributed by atoms with Crippen molar-refractivity contribution in [2.45, 2.75) is 0 Å². The van der Waals surface area contributed by atoms with E-state index in [2.05, 4.69) is 32.8 Å². The molecule has 1 aromatic rings. The summed E-state index contributed by atoms with van der Waals surface area (Å²) < 4.78 is 0. The Balaban J connectivity index is 2.90. The summed E-state index contributed by atoms with van der Waals surface area (Å²) in [6.45, 7) is 0. The molecular formula is C8H6BrNO. The van der Waals surface area contributed by atoms with Crippen LogP contribution in [0.2, 0.25) is 0 Å². The van der Waals surface area contributed by atoms with Gasteiger partial charge < -0.3 is 4.98 Å². The molecule has 56 valence electrons. The fourth-order valence-corrected chi connectivity index (χ4v) is 0.764. The maximum absolute atomic E-state index is 10.6. The Morgan fingerprint density at radius 2 is 2.36 bits per heavy atom. The molecule has 1 heterocycles. The minimum absolute atomic E-state index is 0.102. The molecule has 0 amide bonds.